The third kappa shape index (κ3) is 3.87. The largest absolute Gasteiger partial charge is 0.508 e. The highest BCUT2D eigenvalue weighted by molar-refractivity contribution is 7.80. The van der Waals surface area contributed by atoms with Gasteiger partial charge in [0.2, 0.25) is 0 Å². The average Bonchev–Trinajstić information content (AvgIpc) is 2.83. The van der Waals surface area contributed by atoms with E-state index >= 15 is 0 Å². The number of hydrogen-bond acceptors (Lipinski definition) is 3. The van der Waals surface area contributed by atoms with Crippen molar-refractivity contribution in [1.29, 1.82) is 0 Å². The van der Waals surface area contributed by atoms with Crippen LogP contribution in [0.15, 0.2) is 24.3 Å². The SMILES string of the molecule is Oc1ccc(NC(=S)NC[C@@H]2CCCO2)cc1. The minimum absolute atomic E-state index is 0.244. The van der Waals surface area contributed by atoms with Crippen LogP contribution in [0.5, 0.6) is 5.75 Å². The van der Waals surface area contributed by atoms with Gasteiger partial charge in [-0.3, -0.25) is 0 Å². The van der Waals surface area contributed by atoms with Crippen LogP contribution in [0, 0.1) is 0 Å². The van der Waals surface area contributed by atoms with Gasteiger partial charge < -0.3 is 20.5 Å². The fourth-order valence-electron chi connectivity index (χ4n) is 1.73. The van der Waals surface area contributed by atoms with Crippen LogP contribution >= 0.6 is 12.2 Å². The van der Waals surface area contributed by atoms with Gasteiger partial charge >= 0.3 is 0 Å². The zero-order valence-corrected chi connectivity index (χ0v) is 10.3. The Bertz CT molecular complexity index is 375. The molecule has 1 aliphatic rings. The van der Waals surface area contributed by atoms with Gasteiger partial charge in [0.05, 0.1) is 6.10 Å². The van der Waals surface area contributed by atoms with Gasteiger partial charge in [-0.1, -0.05) is 0 Å². The van der Waals surface area contributed by atoms with Gasteiger partial charge in [0.15, 0.2) is 5.11 Å². The van der Waals surface area contributed by atoms with E-state index in [1.807, 2.05) is 0 Å². The molecule has 0 radical (unpaired) electrons. The molecule has 0 bridgehead atoms. The Hall–Kier alpha value is -1.33. The van der Waals surface area contributed by atoms with Crippen LogP contribution in [0.4, 0.5) is 5.69 Å². The molecule has 0 saturated carbocycles. The molecule has 0 spiro atoms. The average molecular weight is 252 g/mol. The van der Waals surface area contributed by atoms with E-state index in [0.29, 0.717) is 5.11 Å². The maximum atomic E-state index is 9.14. The van der Waals surface area contributed by atoms with E-state index in [2.05, 4.69) is 10.6 Å². The summed E-state index contributed by atoms with van der Waals surface area (Å²) in [5.74, 6) is 0.244. The quantitative estimate of drug-likeness (QED) is 0.566. The molecule has 1 heterocycles. The van der Waals surface area contributed by atoms with E-state index < -0.39 is 0 Å². The molecule has 1 atom stereocenters. The first-order chi connectivity index (χ1) is 8.24. The summed E-state index contributed by atoms with van der Waals surface area (Å²) in [6, 6.07) is 6.78. The first-order valence-electron chi connectivity index (χ1n) is 5.69. The van der Waals surface area contributed by atoms with E-state index in [0.717, 1.165) is 31.7 Å². The third-order valence-corrected chi connectivity index (χ3v) is 2.89. The fraction of sp³-hybridized carbons (Fsp3) is 0.417. The molecule has 92 valence electrons. The molecule has 0 amide bonds. The lowest BCUT2D eigenvalue weighted by Gasteiger charge is -2.13. The van der Waals surface area contributed by atoms with Crippen LogP contribution in [-0.2, 0) is 4.74 Å². The molecular weight excluding hydrogens is 236 g/mol. The van der Waals surface area contributed by atoms with E-state index in [-0.39, 0.29) is 11.9 Å². The fourth-order valence-corrected chi connectivity index (χ4v) is 1.93. The molecule has 3 N–H and O–H groups in total. The zero-order valence-electron chi connectivity index (χ0n) is 9.48. The molecule has 1 aliphatic heterocycles. The first-order valence-corrected chi connectivity index (χ1v) is 6.10. The van der Waals surface area contributed by atoms with Gasteiger partial charge in [-0.25, -0.2) is 0 Å². The first kappa shape index (κ1) is 12.1. The van der Waals surface area contributed by atoms with Crippen LogP contribution in [-0.4, -0.2) is 29.5 Å². The van der Waals surface area contributed by atoms with Crippen LogP contribution < -0.4 is 10.6 Å². The highest BCUT2D eigenvalue weighted by Crippen LogP contribution is 2.14. The van der Waals surface area contributed by atoms with E-state index in [1.165, 1.54) is 0 Å². The monoisotopic (exact) mass is 252 g/mol. The number of nitrogens with one attached hydrogen (secondary N) is 2. The summed E-state index contributed by atoms with van der Waals surface area (Å²) in [5.41, 5.74) is 0.854. The Balaban J connectivity index is 1.74. The molecule has 5 heteroatoms. The lowest BCUT2D eigenvalue weighted by molar-refractivity contribution is 0.114. The lowest BCUT2D eigenvalue weighted by atomic mass is 10.2. The summed E-state index contributed by atoms with van der Waals surface area (Å²) in [4.78, 5) is 0. The molecule has 0 aromatic heterocycles. The van der Waals surface area contributed by atoms with E-state index in [9.17, 15) is 0 Å². The smallest absolute Gasteiger partial charge is 0.170 e. The number of phenolic OH excluding ortho intramolecular Hbond substituents is 1. The molecule has 1 aromatic rings. The molecular formula is C12H16N2O2S. The second kappa shape index (κ2) is 5.84. The van der Waals surface area contributed by atoms with Crippen LogP contribution in [0.1, 0.15) is 12.8 Å². The number of hydrogen-bond donors (Lipinski definition) is 3. The summed E-state index contributed by atoms with van der Waals surface area (Å²) in [5, 5.41) is 15.9. The van der Waals surface area contributed by atoms with Gasteiger partial charge in [-0.05, 0) is 49.3 Å². The Morgan fingerprint density at radius 3 is 2.82 bits per heavy atom. The summed E-state index contributed by atoms with van der Waals surface area (Å²) in [6.07, 6.45) is 2.49. The number of thiocarbonyl (C=S) groups is 1. The summed E-state index contributed by atoms with van der Waals surface area (Å²) in [6.45, 7) is 1.59. The van der Waals surface area contributed by atoms with E-state index in [1.54, 1.807) is 24.3 Å². The Morgan fingerprint density at radius 1 is 1.41 bits per heavy atom. The van der Waals surface area contributed by atoms with Crippen molar-refractivity contribution in [3.63, 3.8) is 0 Å². The van der Waals surface area contributed by atoms with Crippen LogP contribution in [0.3, 0.4) is 0 Å². The Kier molecular flexibility index (Phi) is 4.17. The van der Waals surface area contributed by atoms with E-state index in [4.69, 9.17) is 22.1 Å². The molecule has 4 nitrogen and oxygen atoms in total. The maximum absolute atomic E-state index is 9.14. The van der Waals surface area contributed by atoms with Crippen LogP contribution in [0.2, 0.25) is 0 Å². The van der Waals surface area contributed by atoms with Gasteiger partial charge in [0.25, 0.3) is 0 Å². The third-order valence-electron chi connectivity index (χ3n) is 2.64. The van der Waals surface area contributed by atoms with Crippen molar-refractivity contribution >= 4 is 23.0 Å². The predicted molar refractivity (Wildman–Crippen MR) is 71.3 cm³/mol. The lowest BCUT2D eigenvalue weighted by Crippen LogP contribution is -2.34. The second-order valence-corrected chi connectivity index (χ2v) is 4.43. The topological polar surface area (TPSA) is 53.5 Å². The van der Waals surface area contributed by atoms with Crippen molar-refractivity contribution in [2.75, 3.05) is 18.5 Å². The number of aromatic hydroxyl groups is 1. The van der Waals surface area contributed by atoms with Crippen molar-refractivity contribution in [2.45, 2.75) is 18.9 Å². The second-order valence-electron chi connectivity index (χ2n) is 4.02. The van der Waals surface area contributed by atoms with Crippen molar-refractivity contribution in [3.8, 4) is 5.75 Å². The molecule has 1 aromatic carbocycles. The zero-order chi connectivity index (χ0) is 12.1. The number of benzene rings is 1. The van der Waals surface area contributed by atoms with Crippen molar-refractivity contribution < 1.29 is 9.84 Å². The standard InChI is InChI=1S/C12H16N2O2S/c15-10-5-3-9(4-6-10)14-12(17)13-8-11-2-1-7-16-11/h3-6,11,15H,1-2,7-8H2,(H2,13,14,17)/t11-/m0/s1. The molecule has 0 aliphatic carbocycles. The van der Waals surface area contributed by atoms with Gasteiger partial charge in [-0.15, -0.1) is 0 Å². The minimum atomic E-state index is 0.244. The summed E-state index contributed by atoms with van der Waals surface area (Å²) in [7, 11) is 0. The number of phenols is 1. The van der Waals surface area contributed by atoms with Crippen molar-refractivity contribution in [1.82, 2.24) is 5.32 Å². The molecule has 2 rings (SSSR count). The van der Waals surface area contributed by atoms with Crippen molar-refractivity contribution in [3.05, 3.63) is 24.3 Å². The van der Waals surface area contributed by atoms with Crippen molar-refractivity contribution in [2.24, 2.45) is 0 Å². The van der Waals surface area contributed by atoms with Gasteiger partial charge in [0, 0.05) is 18.8 Å². The van der Waals surface area contributed by atoms with Gasteiger partial charge in [-0.2, -0.15) is 0 Å². The van der Waals surface area contributed by atoms with Crippen LogP contribution in [0.25, 0.3) is 0 Å². The predicted octanol–water partition coefficient (Wildman–Crippen LogP) is 1.86. The Labute approximate surface area is 106 Å². The molecule has 0 unspecified atom stereocenters. The minimum Gasteiger partial charge on any atom is -0.508 e. The summed E-state index contributed by atoms with van der Waals surface area (Å²) >= 11 is 5.16. The maximum Gasteiger partial charge on any atom is 0.170 e. The highest BCUT2D eigenvalue weighted by atomic mass is 32.1. The summed E-state index contributed by atoms with van der Waals surface area (Å²) < 4.78 is 5.49. The number of ether oxygens (including phenoxy) is 1. The molecule has 17 heavy (non-hydrogen) atoms. The normalized spacial score (nSPS) is 18.9. The number of rotatable bonds is 3. The Morgan fingerprint density at radius 2 is 2.18 bits per heavy atom. The van der Waals surface area contributed by atoms with Gasteiger partial charge in [0.1, 0.15) is 5.75 Å². The highest BCUT2D eigenvalue weighted by Gasteiger charge is 2.15. The molecule has 1 fully saturated rings. The molecule has 1 saturated heterocycles. The number of anilines is 1.